The largest absolute Gasteiger partial charge is 0.354 e. The van der Waals surface area contributed by atoms with E-state index in [9.17, 15) is 0 Å². The number of rotatable bonds is 8. The normalized spacial score (nSPS) is 13.9. The minimum absolute atomic E-state index is 0.177. The van der Waals surface area contributed by atoms with E-state index in [1.807, 2.05) is 0 Å². The van der Waals surface area contributed by atoms with Crippen molar-refractivity contribution in [3.8, 4) is 44.5 Å². The number of allylic oxidation sites excluding steroid dienone is 2. The van der Waals surface area contributed by atoms with Gasteiger partial charge in [0.05, 0.1) is 17.4 Å². The Hall–Kier alpha value is -10.2. The Kier molecular flexibility index (Phi) is 10.3. The SMILES string of the molecule is CN1c2cc(-c3c4ccccc4c(N(c4ccccc4)c4ccccc4)c4ccccc34)ccc2-c2ccc3c4c(ccc1c24)Nc1cc(-c2c4ccccc4c(N(c4ccccc4)C4C=CC=CC4)c4ccccc24)ccc1-3. The minimum Gasteiger partial charge on any atom is -0.354 e. The van der Waals surface area contributed by atoms with Crippen molar-refractivity contribution in [2.45, 2.75) is 12.5 Å². The smallest absolute Gasteiger partial charge is 0.0618 e. The summed E-state index contributed by atoms with van der Waals surface area (Å²) in [6, 6.07) is 92.1. The molecule has 1 N–H and O–H groups in total. The molecule has 4 nitrogen and oxygen atoms in total. The molecule has 2 heterocycles. The zero-order valence-electron chi connectivity index (χ0n) is 43.6. The summed E-state index contributed by atoms with van der Waals surface area (Å²) in [5.41, 5.74) is 20.3. The molecule has 16 rings (SSSR count). The third-order valence-corrected chi connectivity index (χ3v) is 16.9. The molecule has 13 aromatic carbocycles. The van der Waals surface area contributed by atoms with Gasteiger partial charge in [0, 0.05) is 90.3 Å². The van der Waals surface area contributed by atoms with Crippen molar-refractivity contribution < 1.29 is 0 Å². The topological polar surface area (TPSA) is 21.8 Å². The van der Waals surface area contributed by atoms with Crippen LogP contribution in [0.3, 0.4) is 0 Å². The van der Waals surface area contributed by atoms with Crippen molar-refractivity contribution in [3.05, 3.63) is 273 Å². The maximum Gasteiger partial charge on any atom is 0.0618 e. The molecular weight excluding hydrogens is 957 g/mol. The van der Waals surface area contributed by atoms with Gasteiger partial charge < -0.3 is 20.0 Å². The summed E-state index contributed by atoms with van der Waals surface area (Å²) in [5.74, 6) is 0. The highest BCUT2D eigenvalue weighted by Gasteiger charge is 2.31. The Morgan fingerprint density at radius 3 is 1.39 bits per heavy atom. The number of para-hydroxylation sites is 3. The predicted molar refractivity (Wildman–Crippen MR) is 337 cm³/mol. The Morgan fingerprint density at radius 2 is 0.848 bits per heavy atom. The number of nitrogens with one attached hydrogen (secondary N) is 1. The maximum absolute atomic E-state index is 4.00. The minimum atomic E-state index is 0.177. The number of fused-ring (bicyclic) bond motifs is 8. The van der Waals surface area contributed by atoms with Gasteiger partial charge in [0.25, 0.3) is 0 Å². The number of nitrogens with zero attached hydrogens (tertiary/aromatic N) is 3. The standard InChI is InChI=1S/C75H52N4/c1-77-68-45-44-66-72-60(54-40-38-48(46-67(54)76-66)70-56-30-14-18-34-62(56)74(63-35-19-15-31-57(63)70)78(50-22-6-2-7-23-50)51-24-8-3-9-25-51)42-43-61(73(68)72)55-41-39-49(47-69(55)77)71-58-32-16-20-36-64(58)75(65-37-21-17-33-59(65)71)79(52-26-10-4-11-27-52)53-28-12-5-13-29-53/h2-24,26-47,51,76H,25H2,1H3. The van der Waals surface area contributed by atoms with Crippen LogP contribution in [-0.2, 0) is 0 Å². The molecule has 0 saturated carbocycles. The lowest BCUT2D eigenvalue weighted by Crippen LogP contribution is -2.30. The molecule has 4 heteroatoms. The molecule has 0 amide bonds. The van der Waals surface area contributed by atoms with Crippen molar-refractivity contribution in [3.63, 3.8) is 0 Å². The van der Waals surface area contributed by atoms with Crippen LogP contribution in [0.2, 0.25) is 0 Å². The second kappa shape index (κ2) is 18.0. The van der Waals surface area contributed by atoms with Crippen molar-refractivity contribution >= 4 is 105 Å². The molecule has 0 bridgehead atoms. The van der Waals surface area contributed by atoms with E-state index in [4.69, 9.17) is 0 Å². The summed E-state index contributed by atoms with van der Waals surface area (Å²) in [7, 11) is 2.24. The summed E-state index contributed by atoms with van der Waals surface area (Å²) in [4.78, 5) is 7.40. The maximum atomic E-state index is 4.00. The van der Waals surface area contributed by atoms with Crippen LogP contribution in [0.5, 0.6) is 0 Å². The molecule has 2 aliphatic heterocycles. The van der Waals surface area contributed by atoms with E-state index >= 15 is 0 Å². The molecule has 0 aromatic heterocycles. The van der Waals surface area contributed by atoms with E-state index in [1.54, 1.807) is 0 Å². The fraction of sp³-hybridized carbons (Fsp3) is 0.0400. The highest BCUT2D eigenvalue weighted by Crippen LogP contribution is 2.57. The molecule has 0 spiro atoms. The Balaban J connectivity index is 0.819. The van der Waals surface area contributed by atoms with Crippen molar-refractivity contribution in [1.29, 1.82) is 0 Å². The zero-order valence-corrected chi connectivity index (χ0v) is 43.6. The first-order valence-electron chi connectivity index (χ1n) is 27.5. The van der Waals surface area contributed by atoms with E-state index in [0.717, 1.165) is 29.2 Å². The quantitative estimate of drug-likeness (QED) is 0.153. The van der Waals surface area contributed by atoms with Gasteiger partial charge in [-0.25, -0.2) is 0 Å². The van der Waals surface area contributed by atoms with Crippen LogP contribution in [0, 0.1) is 0 Å². The van der Waals surface area contributed by atoms with Crippen LogP contribution in [0.1, 0.15) is 6.42 Å². The first-order valence-corrected chi connectivity index (χ1v) is 27.5. The zero-order chi connectivity index (χ0) is 52.1. The first-order chi connectivity index (χ1) is 39.2. The van der Waals surface area contributed by atoms with E-state index in [0.29, 0.717) is 0 Å². The van der Waals surface area contributed by atoms with Gasteiger partial charge in [-0.1, -0.05) is 212 Å². The molecule has 79 heavy (non-hydrogen) atoms. The summed E-state index contributed by atoms with van der Waals surface area (Å²) in [5, 5.41) is 16.3. The monoisotopic (exact) mass is 1010 g/mol. The molecule has 1 aliphatic carbocycles. The molecule has 1 atom stereocenters. The van der Waals surface area contributed by atoms with Crippen LogP contribution in [-0.4, -0.2) is 13.1 Å². The molecule has 1 unspecified atom stereocenters. The van der Waals surface area contributed by atoms with Crippen LogP contribution in [0.4, 0.5) is 51.2 Å². The van der Waals surface area contributed by atoms with Crippen LogP contribution >= 0.6 is 0 Å². The summed E-state index contributed by atoms with van der Waals surface area (Å²) in [6.45, 7) is 0. The fourth-order valence-corrected chi connectivity index (χ4v) is 13.5. The van der Waals surface area contributed by atoms with Gasteiger partial charge in [-0.2, -0.15) is 0 Å². The average molecular weight is 1010 g/mol. The van der Waals surface area contributed by atoms with Crippen molar-refractivity contribution in [2.24, 2.45) is 0 Å². The van der Waals surface area contributed by atoms with E-state index in [1.165, 1.54) is 127 Å². The molecule has 13 aromatic rings. The lowest BCUT2D eigenvalue weighted by molar-refractivity contribution is 0.789. The fourth-order valence-electron chi connectivity index (χ4n) is 13.5. The van der Waals surface area contributed by atoms with Gasteiger partial charge >= 0.3 is 0 Å². The highest BCUT2D eigenvalue weighted by atomic mass is 15.2. The van der Waals surface area contributed by atoms with Crippen molar-refractivity contribution in [2.75, 3.05) is 27.1 Å². The lowest BCUT2D eigenvalue weighted by Gasteiger charge is -2.35. The summed E-state index contributed by atoms with van der Waals surface area (Å²) >= 11 is 0. The third kappa shape index (κ3) is 6.94. The second-order valence-electron chi connectivity index (χ2n) is 21.2. The molecule has 0 radical (unpaired) electrons. The molecular formula is C75H52N4. The van der Waals surface area contributed by atoms with Crippen LogP contribution < -0.4 is 20.0 Å². The number of hydrogen-bond donors (Lipinski definition) is 1. The van der Waals surface area contributed by atoms with E-state index in [-0.39, 0.29) is 6.04 Å². The first kappa shape index (κ1) is 45.1. The van der Waals surface area contributed by atoms with Gasteiger partial charge in [0.1, 0.15) is 0 Å². The second-order valence-corrected chi connectivity index (χ2v) is 21.2. The van der Waals surface area contributed by atoms with E-state index < -0.39 is 0 Å². The number of anilines is 9. The van der Waals surface area contributed by atoms with Crippen LogP contribution in [0.25, 0.3) is 98.4 Å². The molecule has 0 saturated heterocycles. The van der Waals surface area contributed by atoms with Crippen LogP contribution in [0.15, 0.2) is 273 Å². The number of hydrogen-bond acceptors (Lipinski definition) is 4. The van der Waals surface area contributed by atoms with Gasteiger partial charge in [0.2, 0.25) is 0 Å². The van der Waals surface area contributed by atoms with Gasteiger partial charge in [-0.15, -0.1) is 0 Å². The molecule has 0 fully saturated rings. The van der Waals surface area contributed by atoms with Gasteiger partial charge in [0.15, 0.2) is 0 Å². The number of benzene rings is 13. The summed E-state index contributed by atoms with van der Waals surface area (Å²) in [6.07, 6.45) is 9.92. The van der Waals surface area contributed by atoms with Crippen molar-refractivity contribution in [1.82, 2.24) is 0 Å². The van der Waals surface area contributed by atoms with Gasteiger partial charge in [-0.3, -0.25) is 0 Å². The Bertz CT molecular complexity index is 4540. The molecule has 3 aliphatic rings. The van der Waals surface area contributed by atoms with Gasteiger partial charge in [-0.05, 0) is 122 Å². The molecule has 372 valence electrons. The Morgan fingerprint density at radius 1 is 0.380 bits per heavy atom. The third-order valence-electron chi connectivity index (χ3n) is 16.9. The average Bonchev–Trinajstić information content (AvgIpc) is 3.69. The van der Waals surface area contributed by atoms with E-state index in [2.05, 4.69) is 300 Å². The predicted octanol–water partition coefficient (Wildman–Crippen LogP) is 20.8. The Labute approximate surface area is 459 Å². The summed E-state index contributed by atoms with van der Waals surface area (Å²) < 4.78 is 0. The highest BCUT2D eigenvalue weighted by molar-refractivity contribution is 6.26. The lowest BCUT2D eigenvalue weighted by atomic mass is 9.83.